The van der Waals surface area contributed by atoms with E-state index < -0.39 is 162 Å². The van der Waals surface area contributed by atoms with E-state index in [1.165, 1.54) is 24.0 Å². The first kappa shape index (κ1) is 98.4. The quantitative estimate of drug-likeness (QED) is 0.0173. The van der Waals surface area contributed by atoms with Crippen LogP contribution >= 0.6 is 0 Å². The van der Waals surface area contributed by atoms with E-state index in [4.69, 9.17) is 45.9 Å². The molecule has 0 aromatic heterocycles. The van der Waals surface area contributed by atoms with Crippen LogP contribution in [-0.4, -0.2) is 223 Å². The maximum atomic E-state index is 15.1. The highest BCUT2D eigenvalue weighted by Crippen LogP contribution is 2.23. The zero-order chi connectivity index (χ0) is 85.7. The van der Waals surface area contributed by atoms with Gasteiger partial charge in [0, 0.05) is 39.5 Å². The van der Waals surface area contributed by atoms with Crippen molar-refractivity contribution in [2.45, 2.75) is 243 Å². The van der Waals surface area contributed by atoms with Crippen molar-refractivity contribution in [2.24, 2.45) is 73.6 Å². The summed E-state index contributed by atoms with van der Waals surface area (Å²) in [7, 11) is 0. The Kier molecular flexibility index (Phi) is 45.7. The summed E-state index contributed by atoms with van der Waals surface area (Å²) < 4.78 is 0. The minimum Gasteiger partial charge on any atom is -0.508 e. The Morgan fingerprint density at radius 1 is 0.478 bits per heavy atom. The van der Waals surface area contributed by atoms with Crippen LogP contribution in [0.2, 0.25) is 0 Å². The van der Waals surface area contributed by atoms with Crippen LogP contribution in [0, 0.1) is 17.8 Å². The molecule has 1 aliphatic rings. The fraction of sp³-hybridized carbons (Fsp3) is 0.636. The predicted octanol–water partition coefficient (Wildman–Crippen LogP) is -3.61. The maximum absolute atomic E-state index is 15.1. The number of guanidine groups is 2. The van der Waals surface area contributed by atoms with Gasteiger partial charge in [0.2, 0.25) is 82.7 Å². The number of carbonyl (C=O) groups is 14. The molecule has 0 saturated carbocycles. The molecule has 115 heavy (non-hydrogen) atoms. The number of benzene rings is 2. The van der Waals surface area contributed by atoms with Crippen LogP contribution in [0.3, 0.4) is 0 Å². The molecule has 1 heterocycles. The number of rotatable bonds is 55. The Hall–Kier alpha value is -10.8. The van der Waals surface area contributed by atoms with Crippen molar-refractivity contribution in [3.63, 3.8) is 0 Å². The number of aromatic hydroxyl groups is 1. The molecule has 642 valence electrons. The summed E-state index contributed by atoms with van der Waals surface area (Å²) in [6.07, 6.45) is 3.70. The van der Waals surface area contributed by atoms with E-state index in [1.54, 1.807) is 70.2 Å². The monoisotopic (exact) mass is 1620 g/mol. The van der Waals surface area contributed by atoms with Gasteiger partial charge < -0.3 is 120 Å². The van der Waals surface area contributed by atoms with E-state index in [1.807, 2.05) is 13.8 Å². The topological polar surface area (TPSA) is 640 Å². The minimum atomic E-state index is -1.48. The largest absolute Gasteiger partial charge is 0.508 e. The third-order valence-electron chi connectivity index (χ3n) is 19.1. The number of aliphatic imine (C=N–C) groups is 2. The van der Waals surface area contributed by atoms with Gasteiger partial charge in [0.1, 0.15) is 66.2 Å². The first-order chi connectivity index (χ1) is 54.6. The average molecular weight is 1620 g/mol. The van der Waals surface area contributed by atoms with Crippen LogP contribution in [0.25, 0.3) is 0 Å². The summed E-state index contributed by atoms with van der Waals surface area (Å²) in [5, 5.41) is 41.9. The van der Waals surface area contributed by atoms with E-state index in [0.29, 0.717) is 56.2 Å². The van der Waals surface area contributed by atoms with Gasteiger partial charge in [-0.15, -0.1) is 0 Å². The molecule has 38 heteroatoms. The lowest BCUT2D eigenvalue weighted by Crippen LogP contribution is -2.61. The van der Waals surface area contributed by atoms with Crippen molar-refractivity contribution in [3.05, 3.63) is 65.7 Å². The van der Waals surface area contributed by atoms with E-state index in [2.05, 4.69) is 73.8 Å². The van der Waals surface area contributed by atoms with Crippen LogP contribution in [0.5, 0.6) is 5.75 Å². The van der Waals surface area contributed by atoms with E-state index in [-0.39, 0.29) is 158 Å². The number of likely N-dealkylation sites (tertiary alicyclic amines) is 1. The molecule has 0 unspecified atom stereocenters. The minimum absolute atomic E-state index is 0.00144. The summed E-state index contributed by atoms with van der Waals surface area (Å²) in [4.78, 5) is 205. The number of nitrogens with one attached hydrogen (secondary N) is 12. The lowest BCUT2D eigenvalue weighted by Gasteiger charge is -2.32. The van der Waals surface area contributed by atoms with E-state index in [0.717, 1.165) is 0 Å². The van der Waals surface area contributed by atoms with Crippen LogP contribution in [0.1, 0.15) is 175 Å². The first-order valence-corrected chi connectivity index (χ1v) is 39.8. The highest BCUT2D eigenvalue weighted by molar-refractivity contribution is 6.00. The van der Waals surface area contributed by atoms with Gasteiger partial charge in [-0.3, -0.25) is 77.1 Å². The number of nitrogens with zero attached hydrogens (tertiary/aromatic N) is 3. The van der Waals surface area contributed by atoms with Gasteiger partial charge in [-0.05, 0) is 170 Å². The average Bonchev–Trinajstić information content (AvgIpc) is 1.49. The second kappa shape index (κ2) is 53.3. The second-order valence-corrected chi connectivity index (χ2v) is 29.9. The predicted molar refractivity (Wildman–Crippen MR) is 434 cm³/mol. The number of primary amides is 1. The van der Waals surface area contributed by atoms with Crippen molar-refractivity contribution < 1.29 is 72.2 Å². The van der Waals surface area contributed by atoms with Crippen molar-refractivity contribution in [3.8, 4) is 5.75 Å². The van der Waals surface area contributed by atoms with Gasteiger partial charge >= 0.3 is 0 Å². The molecule has 1 aliphatic heterocycles. The Labute approximate surface area is 673 Å². The zero-order valence-electron chi connectivity index (χ0n) is 67.7. The number of nitrogens with two attached hydrogens (primary N) is 8. The molecule has 38 nitrogen and oxygen atoms in total. The number of unbranched alkanes of at least 4 members (excludes halogenated alkanes) is 3. The van der Waals surface area contributed by atoms with Crippen molar-refractivity contribution in [1.29, 1.82) is 0 Å². The summed E-state index contributed by atoms with van der Waals surface area (Å²) >= 11 is 0. The van der Waals surface area contributed by atoms with Crippen molar-refractivity contribution in [1.82, 2.24) is 68.7 Å². The molecule has 12 atom stereocenters. The van der Waals surface area contributed by atoms with Crippen LogP contribution < -0.4 is 110 Å². The summed E-state index contributed by atoms with van der Waals surface area (Å²) in [6, 6.07) is 0.683. The number of hydrogen-bond acceptors (Lipinski definition) is 20. The Morgan fingerprint density at radius 2 is 0.930 bits per heavy atom. The van der Waals surface area contributed by atoms with Crippen LogP contribution in [-0.2, 0) is 80.0 Å². The van der Waals surface area contributed by atoms with Crippen LogP contribution in [0.4, 0.5) is 0 Å². The van der Waals surface area contributed by atoms with Gasteiger partial charge in [-0.2, -0.15) is 0 Å². The zero-order valence-corrected chi connectivity index (χ0v) is 67.7. The number of hydrogen-bond donors (Lipinski definition) is 21. The summed E-state index contributed by atoms with van der Waals surface area (Å²) in [5.74, 6) is -11.8. The summed E-state index contributed by atoms with van der Waals surface area (Å²) in [5.41, 5.74) is 47.1. The summed E-state index contributed by atoms with van der Waals surface area (Å²) in [6.45, 7) is 11.7. The van der Waals surface area contributed by atoms with Gasteiger partial charge in [0.25, 0.3) is 0 Å². The third-order valence-corrected chi connectivity index (χ3v) is 19.1. The molecular weight excluding hydrogens is 1490 g/mol. The van der Waals surface area contributed by atoms with E-state index in [9.17, 15) is 62.6 Å². The molecule has 29 N–H and O–H groups in total. The van der Waals surface area contributed by atoms with E-state index >= 15 is 9.59 Å². The molecule has 1 saturated heterocycles. The van der Waals surface area contributed by atoms with Crippen molar-refractivity contribution in [2.75, 3.05) is 52.4 Å². The third kappa shape index (κ3) is 38.8. The van der Waals surface area contributed by atoms with Gasteiger partial charge in [-0.25, -0.2) is 0 Å². The highest BCUT2D eigenvalue weighted by atomic mass is 16.3. The fourth-order valence-electron chi connectivity index (χ4n) is 12.7. The second-order valence-electron chi connectivity index (χ2n) is 29.9. The smallest absolute Gasteiger partial charge is 0.245 e. The van der Waals surface area contributed by atoms with Gasteiger partial charge in [0.15, 0.2) is 11.9 Å². The van der Waals surface area contributed by atoms with Crippen molar-refractivity contribution >= 4 is 94.6 Å². The molecule has 0 bridgehead atoms. The number of phenolic OH excluding ortho intramolecular Hbond substituents is 1. The van der Waals surface area contributed by atoms with Gasteiger partial charge in [0.05, 0.1) is 19.1 Å². The SMILES string of the molecule is CC[C@H](C)[C@H](NC(=O)[C@H](CCCN=C(N)N)NC(=O)[C@H](CCCN=C(N)N)NC(=O)[C@H](CC(C)C)NC(=O)[C@H](Cc1ccccc1)NC(=O)CNC(=O)CNC(=O)[C@@H](N)Cc1ccc(O)cc1)C(=O)N[C@@H](CCCCNC(C)=O)C(=O)N1CCC[C@H]1C(=O)N[C@@H](CCCCN)C(=O)N[C@@H](CC(C)C)C(=O)N[C@@H](CCCCN)C(N)=O. The first-order valence-electron chi connectivity index (χ1n) is 39.8. The fourth-order valence-corrected chi connectivity index (χ4v) is 12.7. The Morgan fingerprint density at radius 3 is 1.44 bits per heavy atom. The number of carbonyl (C=O) groups excluding carboxylic acids is 14. The molecule has 14 amide bonds. The molecule has 0 aliphatic carbocycles. The maximum Gasteiger partial charge on any atom is 0.245 e. The van der Waals surface area contributed by atoms with Crippen LogP contribution in [0.15, 0.2) is 64.6 Å². The molecule has 2 aromatic rings. The standard InChI is InChI=1S/C77H129N23O15/c1-8-47(6)64(74(114)96-57(25-14-17-35-86-48(7)101)75(115)100-38-20-28-61(100)73(113)95-54(24-13-16-34-79)68(108)97-58(39-45(2)3)70(110)92-53(65(81)105)23-12-15-33-78)99-69(109)56(27-19-37-88-77(84)85)93-67(107)55(26-18-36-87-76(82)83)94-71(111)59(40-46(4)5)98-72(112)60(42-49-21-10-9-11-22-49)91-63(104)44-89-62(103)43-90-66(106)52(80)41-50-29-31-51(102)32-30-50/h9-11,21-22,29-32,45-47,52-61,64,102H,8,12-20,23-28,33-44,78-80H2,1-7H3,(H2,81,105)(H,86,101)(H,89,103)(H,90,106)(H,91,104)(H,92,110)(H,93,107)(H,94,111)(H,95,113)(H,96,114)(H,97,108)(H,98,112)(H,99,109)(H4,82,83,87)(H4,84,85,88)/t47-,52-,53-,54-,55-,56-,57-,58-,59-,60-,61-,64-/m0/s1. The normalized spacial score (nSPS) is 15.3. The molecule has 3 rings (SSSR count). The highest BCUT2D eigenvalue weighted by Gasteiger charge is 2.42. The number of amides is 14. The Balaban J connectivity index is 1.98. The number of phenols is 1. The lowest BCUT2D eigenvalue weighted by molar-refractivity contribution is -0.143. The molecular formula is C77H129N23O15. The Bertz CT molecular complexity index is 3530. The molecule has 2 aromatic carbocycles. The molecule has 0 radical (unpaired) electrons. The lowest BCUT2D eigenvalue weighted by atomic mass is 9.96. The molecule has 0 spiro atoms. The van der Waals surface area contributed by atoms with Gasteiger partial charge in [-0.1, -0.05) is 90.4 Å². The molecule has 1 fully saturated rings.